The summed E-state index contributed by atoms with van der Waals surface area (Å²) in [4.78, 5) is 16.0. The summed E-state index contributed by atoms with van der Waals surface area (Å²) in [5.74, 6) is 1.87. The van der Waals surface area contributed by atoms with Crippen molar-refractivity contribution in [2.45, 2.75) is 0 Å². The van der Waals surface area contributed by atoms with E-state index in [1.54, 1.807) is 22.7 Å². The summed E-state index contributed by atoms with van der Waals surface area (Å²) in [6.45, 7) is 0. The molecule has 270 valence electrons. The maximum atomic E-state index is 5.37. The smallest absolute Gasteiger partial charge is 0.238 e. The lowest BCUT2D eigenvalue weighted by atomic mass is 10.1. The molecule has 0 aliphatic rings. The normalized spacial score (nSPS) is 12.1. The molecule has 0 aliphatic heterocycles. The van der Waals surface area contributed by atoms with Crippen LogP contribution in [0.5, 0.6) is 0 Å². The van der Waals surface area contributed by atoms with Gasteiger partial charge in [-0.2, -0.15) is 9.97 Å². The van der Waals surface area contributed by atoms with Crippen LogP contribution in [0.2, 0.25) is 0 Å². The van der Waals surface area contributed by atoms with Crippen LogP contribution in [0.3, 0.4) is 0 Å². The number of hydrogen-bond acceptors (Lipinski definition) is 5. The van der Waals surface area contributed by atoms with Crippen LogP contribution in [-0.2, 0) is 0 Å². The first-order valence-corrected chi connectivity index (χ1v) is 21.0. The third kappa shape index (κ3) is 4.66. The van der Waals surface area contributed by atoms with Gasteiger partial charge >= 0.3 is 0 Å². The highest BCUT2D eigenvalue weighted by Gasteiger charge is 2.22. The molecule has 0 spiro atoms. The lowest BCUT2D eigenvalue weighted by molar-refractivity contribution is 0.954. The van der Waals surface area contributed by atoms with Gasteiger partial charge in [0.1, 0.15) is 0 Å². The van der Waals surface area contributed by atoms with Crippen LogP contribution in [0, 0.1) is 0 Å². The highest BCUT2D eigenvalue weighted by atomic mass is 32.1. The molecule has 13 rings (SSSR count). The first-order chi connectivity index (χ1) is 28.7. The van der Waals surface area contributed by atoms with E-state index in [-0.39, 0.29) is 0 Å². The topological polar surface area (TPSA) is 48.5 Å². The van der Waals surface area contributed by atoms with Crippen LogP contribution in [-0.4, -0.2) is 24.1 Å². The first-order valence-electron chi connectivity index (χ1n) is 19.4. The van der Waals surface area contributed by atoms with Crippen molar-refractivity contribution in [3.05, 3.63) is 176 Å². The van der Waals surface area contributed by atoms with Crippen molar-refractivity contribution in [1.82, 2.24) is 24.1 Å². The molecule has 5 aromatic heterocycles. The lowest BCUT2D eigenvalue weighted by Crippen LogP contribution is -2.06. The van der Waals surface area contributed by atoms with Crippen molar-refractivity contribution in [3.63, 3.8) is 0 Å². The zero-order valence-corrected chi connectivity index (χ0v) is 32.4. The number of para-hydroxylation sites is 3. The average Bonchev–Trinajstić information content (AvgIpc) is 4.02. The summed E-state index contributed by atoms with van der Waals surface area (Å²) in [7, 11) is 0. The average molecular weight is 776 g/mol. The van der Waals surface area contributed by atoms with Crippen molar-refractivity contribution in [2.24, 2.45) is 0 Å². The summed E-state index contributed by atoms with van der Waals surface area (Å²) in [5.41, 5.74) is 7.48. The van der Waals surface area contributed by atoms with E-state index >= 15 is 0 Å². The van der Waals surface area contributed by atoms with Crippen LogP contribution in [0.1, 0.15) is 0 Å². The molecule has 5 nitrogen and oxygen atoms in total. The fourth-order valence-electron chi connectivity index (χ4n) is 8.95. The van der Waals surface area contributed by atoms with Gasteiger partial charge in [-0.05, 0) is 60.7 Å². The Morgan fingerprint density at radius 2 is 0.759 bits per heavy atom. The van der Waals surface area contributed by atoms with Gasteiger partial charge in [-0.15, -0.1) is 22.7 Å². The van der Waals surface area contributed by atoms with Crippen LogP contribution < -0.4 is 0 Å². The number of fused-ring (bicyclic) bond motifs is 12. The molecule has 0 bridgehead atoms. The monoisotopic (exact) mass is 775 g/mol. The number of benzene rings is 8. The molecule has 0 unspecified atom stereocenters. The first kappa shape index (κ1) is 32.0. The SMILES string of the molecule is c1ccc(-n2c3ccccc3c3cc4c(cc32)c2ccccc2n4-c2nc(-c3ccc4c(c3)sc3ccccc34)nc(-c3ccc4c(c3)sc3ccccc34)n2)cc1. The number of hydrogen-bond donors (Lipinski definition) is 0. The Labute approximate surface area is 339 Å². The summed E-state index contributed by atoms with van der Waals surface area (Å²) in [6, 6.07) is 63.1. The van der Waals surface area contributed by atoms with E-state index in [1.807, 2.05) is 0 Å². The van der Waals surface area contributed by atoms with E-state index in [0.717, 1.165) is 44.1 Å². The number of thiophene rings is 2. The Bertz CT molecular complexity index is 3680. The summed E-state index contributed by atoms with van der Waals surface area (Å²) in [6.07, 6.45) is 0. The van der Waals surface area contributed by atoms with Crippen molar-refractivity contribution in [2.75, 3.05) is 0 Å². The van der Waals surface area contributed by atoms with Crippen molar-refractivity contribution >= 4 is 107 Å². The molecule has 0 atom stereocenters. The fourth-order valence-corrected chi connectivity index (χ4v) is 11.2. The minimum Gasteiger partial charge on any atom is -0.309 e. The van der Waals surface area contributed by atoms with Gasteiger partial charge in [0.25, 0.3) is 0 Å². The molecule has 0 aliphatic carbocycles. The van der Waals surface area contributed by atoms with E-state index in [9.17, 15) is 0 Å². The number of rotatable bonds is 4. The molecule has 7 heteroatoms. The quantitative estimate of drug-likeness (QED) is 0.179. The third-order valence-electron chi connectivity index (χ3n) is 11.6. The molecule has 0 N–H and O–H groups in total. The Kier molecular flexibility index (Phi) is 6.70. The van der Waals surface area contributed by atoms with E-state index in [1.165, 1.54) is 56.6 Å². The third-order valence-corrected chi connectivity index (χ3v) is 13.8. The van der Waals surface area contributed by atoms with Gasteiger partial charge in [0, 0.05) is 78.7 Å². The lowest BCUT2D eigenvalue weighted by Gasteiger charge is -2.11. The van der Waals surface area contributed by atoms with Gasteiger partial charge < -0.3 is 4.57 Å². The van der Waals surface area contributed by atoms with E-state index in [4.69, 9.17) is 15.0 Å². The Hall–Kier alpha value is -7.19. The standard InChI is InChI=1S/C51H29N5S2/c1-2-12-32(13-3-1)55-41-18-8-4-14-33(41)39-29-44-40(28-43(39)55)34-15-5-9-19-42(34)56(44)51-53-49(30-22-24-37-35-16-6-10-20-45(35)57-47(37)26-30)52-50(54-51)31-23-25-38-36-17-7-11-21-46(36)58-48(38)27-31/h1-29H. The molecular weight excluding hydrogens is 747 g/mol. The van der Waals surface area contributed by atoms with Gasteiger partial charge in [0.05, 0.1) is 22.1 Å². The summed E-state index contributed by atoms with van der Waals surface area (Å²) in [5, 5.41) is 9.70. The molecule has 13 aromatic rings. The minimum atomic E-state index is 0.588. The van der Waals surface area contributed by atoms with Crippen LogP contribution >= 0.6 is 22.7 Å². The molecule has 0 amide bonds. The Morgan fingerprint density at radius 3 is 1.33 bits per heavy atom. The Balaban J connectivity index is 1.10. The van der Waals surface area contributed by atoms with Gasteiger partial charge in [0.15, 0.2) is 11.6 Å². The highest BCUT2D eigenvalue weighted by Crippen LogP contribution is 2.41. The van der Waals surface area contributed by atoms with E-state index in [2.05, 4.69) is 185 Å². The van der Waals surface area contributed by atoms with Crippen LogP contribution in [0.25, 0.3) is 118 Å². The maximum Gasteiger partial charge on any atom is 0.238 e. The van der Waals surface area contributed by atoms with E-state index in [0.29, 0.717) is 17.6 Å². The van der Waals surface area contributed by atoms with Gasteiger partial charge in [-0.3, -0.25) is 4.57 Å². The molecule has 0 radical (unpaired) electrons. The predicted molar refractivity (Wildman–Crippen MR) is 245 cm³/mol. The molecular formula is C51H29N5S2. The zero-order chi connectivity index (χ0) is 37.9. The maximum absolute atomic E-state index is 5.37. The largest absolute Gasteiger partial charge is 0.309 e. The van der Waals surface area contributed by atoms with Gasteiger partial charge in [-0.1, -0.05) is 115 Å². The van der Waals surface area contributed by atoms with E-state index < -0.39 is 0 Å². The molecule has 5 heterocycles. The van der Waals surface area contributed by atoms with Crippen molar-refractivity contribution < 1.29 is 0 Å². The molecule has 0 fully saturated rings. The second-order valence-electron chi connectivity index (χ2n) is 14.8. The zero-order valence-electron chi connectivity index (χ0n) is 30.8. The highest BCUT2D eigenvalue weighted by molar-refractivity contribution is 7.26. The van der Waals surface area contributed by atoms with Crippen molar-refractivity contribution in [1.29, 1.82) is 0 Å². The van der Waals surface area contributed by atoms with Crippen LogP contribution in [0.15, 0.2) is 176 Å². The predicted octanol–water partition coefficient (Wildman–Crippen LogP) is 14.1. The second-order valence-corrected chi connectivity index (χ2v) is 17.0. The molecule has 58 heavy (non-hydrogen) atoms. The van der Waals surface area contributed by atoms with Gasteiger partial charge in [-0.25, -0.2) is 4.98 Å². The summed E-state index contributed by atoms with van der Waals surface area (Å²) >= 11 is 3.61. The number of aromatic nitrogens is 5. The molecule has 8 aromatic carbocycles. The van der Waals surface area contributed by atoms with Crippen LogP contribution in [0.4, 0.5) is 0 Å². The molecule has 0 saturated heterocycles. The minimum absolute atomic E-state index is 0.588. The van der Waals surface area contributed by atoms with Gasteiger partial charge in [0.2, 0.25) is 5.95 Å². The Morgan fingerprint density at radius 1 is 0.310 bits per heavy atom. The summed E-state index contributed by atoms with van der Waals surface area (Å²) < 4.78 is 9.58. The number of nitrogens with zero attached hydrogens (tertiary/aromatic N) is 5. The fraction of sp³-hybridized carbons (Fsp3) is 0. The second kappa shape index (κ2) is 12.2. The van der Waals surface area contributed by atoms with Crippen molar-refractivity contribution in [3.8, 4) is 34.4 Å². The molecule has 0 saturated carbocycles.